The van der Waals surface area contributed by atoms with E-state index >= 15 is 0 Å². The summed E-state index contributed by atoms with van der Waals surface area (Å²) in [6.45, 7) is 4.05. The minimum Gasteiger partial charge on any atom is -0.358 e. The highest BCUT2D eigenvalue weighted by Crippen LogP contribution is 2.13. The summed E-state index contributed by atoms with van der Waals surface area (Å²) < 4.78 is 14.6. The molecule has 5 nitrogen and oxygen atoms in total. The van der Waals surface area contributed by atoms with E-state index in [2.05, 4.69) is 22.7 Å². The van der Waals surface area contributed by atoms with Crippen molar-refractivity contribution >= 4 is 23.2 Å². The number of carbonyl (C=O) groups excluding carboxylic acids is 1. The molecule has 1 aromatic heterocycles. The highest BCUT2D eigenvalue weighted by atomic mass is 32.1. The average Bonchev–Trinajstić information content (AvgIpc) is 3.01. The van der Waals surface area contributed by atoms with Gasteiger partial charge in [-0.25, -0.2) is 4.39 Å². The summed E-state index contributed by atoms with van der Waals surface area (Å²) in [5.74, 6) is -0.695. The highest BCUT2D eigenvalue weighted by molar-refractivity contribution is 7.80. The second-order valence-corrected chi connectivity index (χ2v) is 4.73. The van der Waals surface area contributed by atoms with Crippen LogP contribution >= 0.6 is 12.2 Å². The smallest absolute Gasteiger partial charge is 0.286 e. The normalized spacial score (nSPS) is 9.86. The summed E-state index contributed by atoms with van der Waals surface area (Å²) >= 11 is 4.97. The Hall–Kier alpha value is -2.67. The van der Waals surface area contributed by atoms with Crippen molar-refractivity contribution < 1.29 is 9.18 Å². The first kappa shape index (κ1) is 15.7. The van der Waals surface area contributed by atoms with Crippen LogP contribution in [-0.4, -0.2) is 22.1 Å². The summed E-state index contributed by atoms with van der Waals surface area (Å²) in [7, 11) is 0. The molecule has 3 N–H and O–H groups in total. The number of hydrogen-bond donors (Lipinski definition) is 3. The maximum absolute atomic E-state index is 13.0. The van der Waals surface area contributed by atoms with Crippen LogP contribution in [0.2, 0.25) is 0 Å². The van der Waals surface area contributed by atoms with Crippen molar-refractivity contribution in [2.75, 3.05) is 6.54 Å². The number of nitrogens with one attached hydrogen (secondary N) is 3. The highest BCUT2D eigenvalue weighted by Gasteiger charge is 2.12. The number of rotatable bonds is 4. The van der Waals surface area contributed by atoms with Gasteiger partial charge in [0.15, 0.2) is 5.11 Å². The minimum absolute atomic E-state index is 0.285. The maximum atomic E-state index is 13.0. The zero-order valence-electron chi connectivity index (χ0n) is 11.7. The van der Waals surface area contributed by atoms with Gasteiger partial charge in [0.1, 0.15) is 11.5 Å². The summed E-state index contributed by atoms with van der Waals surface area (Å²) in [6, 6.07) is 9.24. The fourth-order valence-electron chi connectivity index (χ4n) is 1.78. The number of halogens is 1. The summed E-state index contributed by atoms with van der Waals surface area (Å²) in [6.07, 6.45) is 3.37. The van der Waals surface area contributed by atoms with E-state index in [-0.39, 0.29) is 16.8 Å². The van der Waals surface area contributed by atoms with Gasteiger partial charge in [-0.1, -0.05) is 6.08 Å². The van der Waals surface area contributed by atoms with E-state index in [9.17, 15) is 9.18 Å². The lowest BCUT2D eigenvalue weighted by Gasteiger charge is -2.12. The molecule has 0 atom stereocenters. The molecule has 0 fully saturated rings. The van der Waals surface area contributed by atoms with Gasteiger partial charge in [0.2, 0.25) is 0 Å². The van der Waals surface area contributed by atoms with Crippen molar-refractivity contribution in [3.8, 4) is 5.69 Å². The van der Waals surface area contributed by atoms with Crippen molar-refractivity contribution in [3.05, 3.63) is 66.8 Å². The molecule has 114 valence electrons. The van der Waals surface area contributed by atoms with Crippen LogP contribution in [-0.2, 0) is 0 Å². The Morgan fingerprint density at radius 3 is 2.68 bits per heavy atom. The zero-order chi connectivity index (χ0) is 15.9. The number of hydrazine groups is 1. The Morgan fingerprint density at radius 2 is 2.00 bits per heavy atom. The number of benzene rings is 1. The summed E-state index contributed by atoms with van der Waals surface area (Å²) in [5, 5.41) is 3.11. The number of amides is 1. The monoisotopic (exact) mass is 318 g/mol. The van der Waals surface area contributed by atoms with Gasteiger partial charge in [-0.3, -0.25) is 15.6 Å². The molecule has 0 aliphatic heterocycles. The van der Waals surface area contributed by atoms with Crippen LogP contribution in [0.1, 0.15) is 10.5 Å². The zero-order valence-corrected chi connectivity index (χ0v) is 12.5. The van der Waals surface area contributed by atoms with E-state index in [0.29, 0.717) is 17.9 Å². The fourth-order valence-corrected chi connectivity index (χ4v) is 1.91. The summed E-state index contributed by atoms with van der Waals surface area (Å²) in [5.41, 5.74) is 6.16. The number of hydrogen-bond acceptors (Lipinski definition) is 2. The molecular weight excluding hydrogens is 303 g/mol. The van der Waals surface area contributed by atoms with Crippen LogP contribution in [0.3, 0.4) is 0 Å². The lowest BCUT2D eigenvalue weighted by atomic mass is 10.3. The van der Waals surface area contributed by atoms with E-state index in [1.807, 2.05) is 0 Å². The van der Waals surface area contributed by atoms with Crippen LogP contribution in [0.15, 0.2) is 55.3 Å². The molecule has 1 heterocycles. The first-order chi connectivity index (χ1) is 10.6. The predicted molar refractivity (Wildman–Crippen MR) is 87.1 cm³/mol. The van der Waals surface area contributed by atoms with Crippen molar-refractivity contribution in [3.63, 3.8) is 0 Å². The number of nitrogens with zero attached hydrogens (tertiary/aromatic N) is 1. The Bertz CT molecular complexity index is 681. The van der Waals surface area contributed by atoms with Crippen molar-refractivity contribution in [1.29, 1.82) is 0 Å². The Balaban J connectivity index is 2.05. The van der Waals surface area contributed by atoms with Gasteiger partial charge < -0.3 is 9.88 Å². The van der Waals surface area contributed by atoms with Crippen LogP contribution in [0.5, 0.6) is 0 Å². The first-order valence-electron chi connectivity index (χ1n) is 6.50. The molecule has 0 bridgehead atoms. The summed E-state index contributed by atoms with van der Waals surface area (Å²) in [4.78, 5) is 12.2. The fraction of sp³-hybridized carbons (Fsp3) is 0.0667. The molecule has 1 aromatic carbocycles. The minimum atomic E-state index is -0.364. The molecule has 0 radical (unpaired) electrons. The molecule has 2 aromatic rings. The molecule has 22 heavy (non-hydrogen) atoms. The first-order valence-corrected chi connectivity index (χ1v) is 6.91. The van der Waals surface area contributed by atoms with E-state index in [1.54, 1.807) is 41.1 Å². The molecule has 0 aliphatic rings. The largest absolute Gasteiger partial charge is 0.358 e. The van der Waals surface area contributed by atoms with Gasteiger partial charge in [0, 0.05) is 18.4 Å². The van der Waals surface area contributed by atoms with Crippen LogP contribution in [0.4, 0.5) is 4.39 Å². The predicted octanol–water partition coefficient (Wildman–Crippen LogP) is 1.91. The third-order valence-electron chi connectivity index (χ3n) is 2.78. The molecular formula is C15H15FN4OS. The number of thiocarbonyl (C=S) groups is 1. The van der Waals surface area contributed by atoms with Crippen molar-refractivity contribution in [2.24, 2.45) is 0 Å². The quantitative estimate of drug-likeness (QED) is 0.458. The Labute approximate surface area is 132 Å². The van der Waals surface area contributed by atoms with Crippen LogP contribution < -0.4 is 16.2 Å². The van der Waals surface area contributed by atoms with E-state index < -0.39 is 0 Å². The molecule has 0 aliphatic carbocycles. The Kier molecular flexibility index (Phi) is 5.26. The topological polar surface area (TPSA) is 58.1 Å². The van der Waals surface area contributed by atoms with Gasteiger partial charge in [0.05, 0.1) is 0 Å². The van der Waals surface area contributed by atoms with E-state index in [0.717, 1.165) is 0 Å². The lowest BCUT2D eigenvalue weighted by molar-refractivity contribution is 0.0937. The number of carbonyl (C=O) groups is 1. The third kappa shape index (κ3) is 3.92. The van der Waals surface area contributed by atoms with Gasteiger partial charge in [0.25, 0.3) is 5.91 Å². The molecule has 1 amide bonds. The average molecular weight is 318 g/mol. The Morgan fingerprint density at radius 1 is 1.27 bits per heavy atom. The molecule has 2 rings (SSSR count). The lowest BCUT2D eigenvalue weighted by Crippen LogP contribution is -2.47. The SMILES string of the molecule is C=CCNC(=S)NNC(=O)c1cccn1-c1ccc(F)cc1. The van der Waals surface area contributed by atoms with Crippen molar-refractivity contribution in [1.82, 2.24) is 20.7 Å². The van der Waals surface area contributed by atoms with E-state index in [4.69, 9.17) is 12.2 Å². The van der Waals surface area contributed by atoms with Crippen LogP contribution in [0.25, 0.3) is 5.69 Å². The van der Waals surface area contributed by atoms with Gasteiger partial charge >= 0.3 is 0 Å². The molecule has 0 saturated carbocycles. The van der Waals surface area contributed by atoms with Crippen LogP contribution in [0, 0.1) is 5.82 Å². The second-order valence-electron chi connectivity index (χ2n) is 4.32. The van der Waals surface area contributed by atoms with Crippen molar-refractivity contribution in [2.45, 2.75) is 0 Å². The van der Waals surface area contributed by atoms with Gasteiger partial charge in [-0.2, -0.15) is 0 Å². The number of aromatic nitrogens is 1. The molecule has 7 heteroatoms. The standard InChI is InChI=1S/C15H15FN4OS/c1-2-9-17-15(22)19-18-14(21)13-4-3-10-20(13)12-7-5-11(16)6-8-12/h2-8,10H,1,9H2,(H,18,21)(H2,17,19,22). The second kappa shape index (κ2) is 7.37. The molecule has 0 spiro atoms. The van der Waals surface area contributed by atoms with Gasteiger partial charge in [-0.15, -0.1) is 6.58 Å². The molecule has 0 unspecified atom stereocenters. The molecule has 0 saturated heterocycles. The maximum Gasteiger partial charge on any atom is 0.286 e. The van der Waals surface area contributed by atoms with E-state index in [1.165, 1.54) is 12.1 Å². The van der Waals surface area contributed by atoms with Gasteiger partial charge in [-0.05, 0) is 48.6 Å². The third-order valence-corrected chi connectivity index (χ3v) is 3.03.